The minimum Gasteiger partial charge on any atom is -0.351 e. The Bertz CT molecular complexity index is 1340. The molecule has 0 bridgehead atoms. The predicted octanol–water partition coefficient (Wildman–Crippen LogP) is 7.44. The molecule has 0 radical (unpaired) electrons. The summed E-state index contributed by atoms with van der Waals surface area (Å²) in [5.74, 6) is 0.627. The van der Waals surface area contributed by atoms with E-state index in [-0.39, 0.29) is 29.1 Å². The Morgan fingerprint density at radius 3 is 2.44 bits per heavy atom. The first-order chi connectivity index (χ1) is 18.2. The lowest BCUT2D eigenvalue weighted by atomic mass is 9.74. The van der Waals surface area contributed by atoms with Gasteiger partial charge in [-0.25, -0.2) is 0 Å². The third-order valence-electron chi connectivity index (χ3n) is 7.34. The molecule has 0 saturated carbocycles. The Kier molecular flexibility index (Phi) is 9.72. The van der Waals surface area contributed by atoms with Crippen LogP contribution in [0.25, 0.3) is 0 Å². The summed E-state index contributed by atoms with van der Waals surface area (Å²) in [4.78, 5) is 14.1. The van der Waals surface area contributed by atoms with E-state index in [4.69, 9.17) is 17.9 Å². The number of rotatable bonds is 10. The van der Waals surface area contributed by atoms with E-state index >= 15 is 0 Å². The molecule has 0 aliphatic rings. The van der Waals surface area contributed by atoms with Gasteiger partial charge in [0.05, 0.1) is 18.7 Å². The van der Waals surface area contributed by atoms with Crippen LogP contribution in [0.5, 0.6) is 0 Å². The number of carbonyl (C=O) groups is 1. The second-order valence-corrected chi connectivity index (χ2v) is 13.2. The fourth-order valence-electron chi connectivity index (χ4n) is 4.91. The highest BCUT2D eigenvalue weighted by atomic mass is 32.1. The molecule has 1 amide bonds. The van der Waals surface area contributed by atoms with E-state index < -0.39 is 0 Å². The highest BCUT2D eigenvalue weighted by Gasteiger charge is 2.28. The molecule has 0 fully saturated rings. The van der Waals surface area contributed by atoms with Gasteiger partial charge in [-0.1, -0.05) is 73.6 Å². The summed E-state index contributed by atoms with van der Waals surface area (Å²) >= 11 is 4.73. The average molecular weight is 545 g/mol. The zero-order valence-corrected chi connectivity index (χ0v) is 25.7. The third kappa shape index (κ3) is 7.76. The van der Waals surface area contributed by atoms with Crippen LogP contribution in [0.1, 0.15) is 106 Å². The number of benzene rings is 2. The third-order valence-corrected chi connectivity index (χ3v) is 7.73. The van der Waals surface area contributed by atoms with Gasteiger partial charge in [0.15, 0.2) is 0 Å². The minimum absolute atomic E-state index is 0.0355. The fourth-order valence-corrected chi connectivity index (χ4v) is 5.38. The first kappa shape index (κ1) is 30.5. The number of amides is 1. The van der Waals surface area contributed by atoms with Crippen LogP contribution in [0.4, 0.5) is 0 Å². The maximum absolute atomic E-state index is 13.1. The van der Waals surface area contributed by atoms with Crippen molar-refractivity contribution in [2.75, 3.05) is 6.54 Å². The highest BCUT2D eigenvalue weighted by molar-refractivity contribution is 7.80. The van der Waals surface area contributed by atoms with Gasteiger partial charge >= 0.3 is 0 Å². The standard InChI is InChI=1S/C33H44N4OS/c1-22(2)20-37-21-26(19-36-37)23(3)14-24-15-25(31(38)35-13-9-12-34)17-28(16-24)33(7,8)27-10-11-30(39)29(18-27)32(4,5)6/h10-11,15-19,21-23,39H,9,13-14,20H2,1-8H3,(H,35,38). The van der Waals surface area contributed by atoms with Gasteiger partial charge in [0, 0.05) is 35.2 Å². The molecule has 1 atom stereocenters. The van der Waals surface area contributed by atoms with Crippen molar-refractivity contribution in [3.63, 3.8) is 0 Å². The molecule has 208 valence electrons. The summed E-state index contributed by atoms with van der Waals surface area (Å²) in [7, 11) is 0. The summed E-state index contributed by atoms with van der Waals surface area (Å²) in [6.45, 7) is 18.8. The number of hydrogen-bond acceptors (Lipinski definition) is 4. The highest BCUT2D eigenvalue weighted by Crippen LogP contribution is 2.38. The Labute approximate surface area is 240 Å². The molecular weight excluding hydrogens is 500 g/mol. The molecule has 0 aliphatic carbocycles. The monoisotopic (exact) mass is 544 g/mol. The number of nitriles is 1. The summed E-state index contributed by atoms with van der Waals surface area (Å²) in [5.41, 5.74) is 6.02. The first-order valence-corrected chi connectivity index (χ1v) is 14.3. The number of hydrogen-bond donors (Lipinski definition) is 2. The number of thiol groups is 1. The molecule has 1 aromatic heterocycles. The summed E-state index contributed by atoms with van der Waals surface area (Å²) < 4.78 is 2.02. The van der Waals surface area contributed by atoms with Crippen LogP contribution in [0.3, 0.4) is 0 Å². The maximum atomic E-state index is 13.1. The normalized spacial score (nSPS) is 12.8. The summed E-state index contributed by atoms with van der Waals surface area (Å²) in [6.07, 6.45) is 5.18. The molecule has 1 unspecified atom stereocenters. The molecule has 1 N–H and O–H groups in total. The number of nitrogens with zero attached hydrogens (tertiary/aromatic N) is 3. The number of carbonyl (C=O) groups excluding carboxylic acids is 1. The molecule has 39 heavy (non-hydrogen) atoms. The van der Waals surface area contributed by atoms with Crippen molar-refractivity contribution < 1.29 is 4.79 Å². The Balaban J connectivity index is 2.02. The van der Waals surface area contributed by atoms with Gasteiger partial charge in [0.25, 0.3) is 5.91 Å². The minimum atomic E-state index is -0.343. The maximum Gasteiger partial charge on any atom is 0.251 e. The summed E-state index contributed by atoms with van der Waals surface area (Å²) in [5, 5.41) is 16.4. The van der Waals surface area contributed by atoms with E-state index in [1.54, 1.807) is 0 Å². The van der Waals surface area contributed by atoms with E-state index in [1.165, 1.54) is 16.7 Å². The lowest BCUT2D eigenvalue weighted by Crippen LogP contribution is -2.26. The van der Waals surface area contributed by atoms with Gasteiger partial charge in [0.1, 0.15) is 0 Å². The summed E-state index contributed by atoms with van der Waals surface area (Å²) in [6, 6.07) is 14.8. The van der Waals surface area contributed by atoms with Gasteiger partial charge in [-0.2, -0.15) is 10.4 Å². The van der Waals surface area contributed by atoms with Gasteiger partial charge in [-0.05, 0) is 69.7 Å². The molecular formula is C33H44N4OS. The Hall–Kier alpha value is -3.04. The van der Waals surface area contributed by atoms with E-state index in [0.717, 1.165) is 29.0 Å². The fraction of sp³-hybridized carbons (Fsp3) is 0.485. The van der Waals surface area contributed by atoms with Gasteiger partial charge < -0.3 is 5.32 Å². The zero-order chi connectivity index (χ0) is 29.0. The second kappa shape index (κ2) is 12.4. The topological polar surface area (TPSA) is 70.7 Å². The van der Waals surface area contributed by atoms with Gasteiger partial charge in [-0.3, -0.25) is 9.48 Å². The van der Waals surface area contributed by atoms with Crippen LogP contribution in [-0.2, 0) is 23.8 Å². The van der Waals surface area contributed by atoms with Gasteiger partial charge in [0.2, 0.25) is 0 Å². The van der Waals surface area contributed by atoms with Crippen LogP contribution in [0.15, 0.2) is 53.7 Å². The molecule has 3 rings (SSSR count). The van der Waals surface area contributed by atoms with Crippen molar-refractivity contribution in [3.05, 3.63) is 82.2 Å². The SMILES string of the molecule is CC(C)Cn1cc(C(C)Cc2cc(C(=O)NCCC#N)cc(C(C)(C)c3ccc(S)c(C(C)(C)C)c3)c2)cn1. The van der Waals surface area contributed by atoms with E-state index in [2.05, 4.69) is 102 Å². The van der Waals surface area contributed by atoms with E-state index in [9.17, 15) is 4.79 Å². The van der Waals surface area contributed by atoms with Crippen molar-refractivity contribution in [3.8, 4) is 6.07 Å². The lowest BCUT2D eigenvalue weighted by molar-refractivity contribution is 0.0954. The average Bonchev–Trinajstić information content (AvgIpc) is 3.31. The molecule has 6 heteroatoms. The molecule has 0 spiro atoms. The molecule has 5 nitrogen and oxygen atoms in total. The van der Waals surface area contributed by atoms with Crippen LogP contribution in [0, 0.1) is 17.2 Å². The van der Waals surface area contributed by atoms with E-state index in [1.807, 2.05) is 23.0 Å². The van der Waals surface area contributed by atoms with Gasteiger partial charge in [-0.15, -0.1) is 12.6 Å². The quantitative estimate of drug-likeness (QED) is 0.206. The number of aromatic nitrogens is 2. The van der Waals surface area contributed by atoms with Crippen molar-refractivity contribution in [2.45, 2.75) is 96.4 Å². The Morgan fingerprint density at radius 1 is 1.08 bits per heavy atom. The van der Waals surface area contributed by atoms with Crippen molar-refractivity contribution in [2.24, 2.45) is 5.92 Å². The molecule has 3 aromatic rings. The Morgan fingerprint density at radius 2 is 1.79 bits per heavy atom. The van der Waals surface area contributed by atoms with Crippen molar-refractivity contribution in [1.82, 2.24) is 15.1 Å². The first-order valence-electron chi connectivity index (χ1n) is 13.9. The molecule has 1 heterocycles. The van der Waals surface area contributed by atoms with Crippen LogP contribution >= 0.6 is 12.6 Å². The van der Waals surface area contributed by atoms with Crippen molar-refractivity contribution >= 4 is 18.5 Å². The van der Waals surface area contributed by atoms with Crippen LogP contribution in [-0.4, -0.2) is 22.2 Å². The van der Waals surface area contributed by atoms with E-state index in [0.29, 0.717) is 18.0 Å². The second-order valence-electron chi connectivity index (χ2n) is 12.7. The lowest BCUT2D eigenvalue weighted by Gasteiger charge is -2.30. The number of nitrogens with one attached hydrogen (secondary N) is 1. The largest absolute Gasteiger partial charge is 0.351 e. The molecule has 2 aromatic carbocycles. The van der Waals surface area contributed by atoms with Crippen molar-refractivity contribution in [1.29, 1.82) is 5.26 Å². The molecule has 0 aliphatic heterocycles. The zero-order valence-electron chi connectivity index (χ0n) is 24.8. The van der Waals surface area contributed by atoms with Crippen LogP contribution < -0.4 is 5.32 Å². The predicted molar refractivity (Wildman–Crippen MR) is 163 cm³/mol. The smallest absolute Gasteiger partial charge is 0.251 e. The van der Waals surface area contributed by atoms with Crippen LogP contribution in [0.2, 0.25) is 0 Å². The molecule has 0 saturated heterocycles.